The highest BCUT2D eigenvalue weighted by Gasteiger charge is 2.43. The first kappa shape index (κ1) is 33.6. The second-order valence-electron chi connectivity index (χ2n) is 14.8. The normalized spacial score (nSPS) is 20.9. The first-order valence-electron chi connectivity index (χ1n) is 14.9. The van der Waals surface area contributed by atoms with Gasteiger partial charge in [-0.2, -0.15) is 0 Å². The van der Waals surface area contributed by atoms with E-state index in [-0.39, 0.29) is 23.2 Å². The molecule has 1 N–H and O–H groups in total. The summed E-state index contributed by atoms with van der Waals surface area (Å²) in [6.45, 7) is 20.9. The third-order valence-corrected chi connectivity index (χ3v) is 7.33. The van der Waals surface area contributed by atoms with Crippen molar-refractivity contribution in [2.75, 3.05) is 31.5 Å². The number of benzene rings is 1. The Bertz CT molecular complexity index is 1120. The molecule has 0 saturated carbocycles. The maximum Gasteiger partial charge on any atom is 0.410 e. The van der Waals surface area contributed by atoms with E-state index in [9.17, 15) is 18.8 Å². The number of ether oxygens (including phenoxy) is 3. The lowest BCUT2D eigenvalue weighted by atomic mass is 9.92. The van der Waals surface area contributed by atoms with Gasteiger partial charge in [0.05, 0.1) is 0 Å². The van der Waals surface area contributed by atoms with Crippen molar-refractivity contribution in [2.24, 2.45) is 0 Å². The van der Waals surface area contributed by atoms with Crippen LogP contribution in [0.5, 0.6) is 0 Å². The number of anilines is 1. The minimum absolute atomic E-state index is 0.0374. The lowest BCUT2D eigenvalue weighted by molar-refractivity contribution is -0.169. The zero-order valence-electron chi connectivity index (χ0n) is 27.1. The zero-order valence-corrected chi connectivity index (χ0v) is 27.1. The highest BCUT2D eigenvalue weighted by Crippen LogP contribution is 2.35. The van der Waals surface area contributed by atoms with Crippen LogP contribution < -0.4 is 5.32 Å². The van der Waals surface area contributed by atoms with E-state index in [0.717, 1.165) is 32.4 Å². The van der Waals surface area contributed by atoms with Gasteiger partial charge in [0.15, 0.2) is 5.92 Å². The molecule has 1 aromatic rings. The smallest absolute Gasteiger partial charge is 0.410 e. The number of carbonyl (C=O) groups excluding carboxylic acids is 3. The summed E-state index contributed by atoms with van der Waals surface area (Å²) in [5.41, 5.74) is -1.69. The van der Waals surface area contributed by atoms with Crippen molar-refractivity contribution in [3.8, 4) is 0 Å². The summed E-state index contributed by atoms with van der Waals surface area (Å²) in [5, 5.41) is 3.48. The molecule has 1 amide bonds. The highest BCUT2D eigenvalue weighted by atomic mass is 19.1. The van der Waals surface area contributed by atoms with Crippen molar-refractivity contribution in [1.29, 1.82) is 0 Å². The molecule has 0 bridgehead atoms. The quantitative estimate of drug-likeness (QED) is 0.249. The van der Waals surface area contributed by atoms with Crippen molar-refractivity contribution in [3.05, 3.63) is 29.6 Å². The molecule has 236 valence electrons. The third-order valence-electron chi connectivity index (χ3n) is 7.33. The average Bonchev–Trinajstić information content (AvgIpc) is 3.21. The van der Waals surface area contributed by atoms with Gasteiger partial charge < -0.3 is 24.4 Å². The second-order valence-corrected chi connectivity index (χ2v) is 14.8. The summed E-state index contributed by atoms with van der Waals surface area (Å²) in [6, 6.07) is 4.12. The summed E-state index contributed by atoms with van der Waals surface area (Å²) in [6.07, 6.45) is 2.17. The summed E-state index contributed by atoms with van der Waals surface area (Å²) >= 11 is 0. The van der Waals surface area contributed by atoms with E-state index in [0.29, 0.717) is 18.8 Å². The molecular formula is C32H50FN3O6. The molecule has 3 rings (SSSR count). The largest absolute Gasteiger partial charge is 0.459 e. The molecule has 2 fully saturated rings. The Morgan fingerprint density at radius 2 is 1.40 bits per heavy atom. The topological polar surface area (TPSA) is 97.4 Å². The van der Waals surface area contributed by atoms with Crippen LogP contribution in [0.2, 0.25) is 0 Å². The van der Waals surface area contributed by atoms with Crippen LogP contribution in [-0.4, -0.2) is 82.4 Å². The number of nitrogens with zero attached hydrogens (tertiary/aromatic N) is 2. The number of hydrogen-bond acceptors (Lipinski definition) is 8. The fourth-order valence-corrected chi connectivity index (χ4v) is 5.44. The van der Waals surface area contributed by atoms with Gasteiger partial charge in [-0.15, -0.1) is 0 Å². The van der Waals surface area contributed by atoms with E-state index in [1.807, 2.05) is 20.8 Å². The number of rotatable bonds is 6. The Hall–Kier alpha value is -2.88. The van der Waals surface area contributed by atoms with Gasteiger partial charge in [0.1, 0.15) is 22.6 Å². The molecule has 2 aliphatic rings. The molecule has 42 heavy (non-hydrogen) atoms. The van der Waals surface area contributed by atoms with Crippen LogP contribution >= 0.6 is 0 Å². The fourth-order valence-electron chi connectivity index (χ4n) is 5.44. The van der Waals surface area contributed by atoms with E-state index >= 15 is 0 Å². The molecule has 1 aromatic carbocycles. The Kier molecular flexibility index (Phi) is 9.91. The molecule has 10 heteroatoms. The Labute approximate surface area is 250 Å². The van der Waals surface area contributed by atoms with Gasteiger partial charge in [-0.25, -0.2) is 9.18 Å². The van der Waals surface area contributed by atoms with Gasteiger partial charge in [0, 0.05) is 49.0 Å². The Balaban J connectivity index is 1.74. The zero-order chi connectivity index (χ0) is 31.7. The lowest BCUT2D eigenvalue weighted by Crippen LogP contribution is -2.53. The Morgan fingerprint density at radius 3 is 1.90 bits per heavy atom. The monoisotopic (exact) mass is 591 g/mol. The lowest BCUT2D eigenvalue weighted by Gasteiger charge is -2.43. The van der Waals surface area contributed by atoms with Gasteiger partial charge in [-0.3, -0.25) is 14.5 Å². The maximum absolute atomic E-state index is 14.6. The van der Waals surface area contributed by atoms with Gasteiger partial charge in [-0.05, 0) is 107 Å². The molecule has 2 aliphatic heterocycles. The van der Waals surface area contributed by atoms with Crippen LogP contribution in [0.3, 0.4) is 0 Å². The third kappa shape index (κ3) is 9.31. The average molecular weight is 592 g/mol. The molecular weight excluding hydrogens is 541 g/mol. The number of carbonyl (C=O) groups is 3. The SMILES string of the molecule is CC(C)(C)OC(=O)C(C(=O)OC(C)(C)C)c1cc(F)ccc1NC1CCN(C2(C)CCN(C(=O)OC(C)(C)C)C2)CC1. The van der Waals surface area contributed by atoms with Crippen molar-refractivity contribution < 1.29 is 33.0 Å². The number of likely N-dealkylation sites (tertiary alicyclic amines) is 2. The predicted octanol–water partition coefficient (Wildman–Crippen LogP) is 5.87. The van der Waals surface area contributed by atoms with E-state index in [4.69, 9.17) is 14.2 Å². The molecule has 2 saturated heterocycles. The minimum atomic E-state index is -1.45. The van der Waals surface area contributed by atoms with Gasteiger partial charge in [0.2, 0.25) is 0 Å². The highest BCUT2D eigenvalue weighted by molar-refractivity contribution is 6.02. The molecule has 0 aliphatic carbocycles. The van der Waals surface area contributed by atoms with Crippen LogP contribution in [0, 0.1) is 5.82 Å². The number of esters is 2. The number of amides is 1. The van der Waals surface area contributed by atoms with Crippen LogP contribution in [0.4, 0.5) is 14.9 Å². The first-order chi connectivity index (χ1) is 19.2. The molecule has 0 spiro atoms. The summed E-state index contributed by atoms with van der Waals surface area (Å²) < 4.78 is 31.3. The molecule has 9 nitrogen and oxygen atoms in total. The predicted molar refractivity (Wildman–Crippen MR) is 160 cm³/mol. The number of piperidine rings is 1. The van der Waals surface area contributed by atoms with E-state index in [2.05, 4.69) is 17.1 Å². The van der Waals surface area contributed by atoms with Crippen molar-refractivity contribution in [1.82, 2.24) is 9.80 Å². The number of halogens is 1. The van der Waals surface area contributed by atoms with Crippen molar-refractivity contribution >= 4 is 23.7 Å². The summed E-state index contributed by atoms with van der Waals surface area (Å²) in [7, 11) is 0. The van der Waals surface area contributed by atoms with Crippen molar-refractivity contribution in [2.45, 2.75) is 123 Å². The molecule has 0 aromatic heterocycles. The van der Waals surface area contributed by atoms with E-state index < -0.39 is 40.5 Å². The maximum atomic E-state index is 14.6. The van der Waals surface area contributed by atoms with Crippen LogP contribution in [0.25, 0.3) is 0 Å². The number of nitrogens with one attached hydrogen (secondary N) is 1. The van der Waals surface area contributed by atoms with E-state index in [1.54, 1.807) is 52.5 Å². The van der Waals surface area contributed by atoms with Crippen LogP contribution in [0.1, 0.15) is 100.0 Å². The van der Waals surface area contributed by atoms with Crippen LogP contribution in [0.15, 0.2) is 18.2 Å². The Morgan fingerprint density at radius 1 is 0.881 bits per heavy atom. The van der Waals surface area contributed by atoms with Gasteiger partial charge >= 0.3 is 18.0 Å². The van der Waals surface area contributed by atoms with E-state index in [1.165, 1.54) is 12.1 Å². The van der Waals surface area contributed by atoms with Crippen LogP contribution in [-0.2, 0) is 23.8 Å². The summed E-state index contributed by atoms with van der Waals surface area (Å²) in [4.78, 5) is 43.4. The summed E-state index contributed by atoms with van der Waals surface area (Å²) in [5.74, 6) is -3.59. The molecule has 1 unspecified atom stereocenters. The van der Waals surface area contributed by atoms with Crippen molar-refractivity contribution in [3.63, 3.8) is 0 Å². The van der Waals surface area contributed by atoms with Gasteiger partial charge in [0.25, 0.3) is 0 Å². The minimum Gasteiger partial charge on any atom is -0.459 e. The number of hydrogen-bond donors (Lipinski definition) is 1. The standard InChI is InChI=1S/C32H50FN3O6/c1-29(2,3)40-26(37)25(27(38)41-30(4,5)6)23-19-21(33)11-12-24(23)34-22-13-16-36(17-14-22)32(10)15-18-35(20-32)28(39)42-31(7,8)9/h11-12,19,22,25,34H,13-18,20H2,1-10H3. The molecule has 2 heterocycles. The first-order valence-corrected chi connectivity index (χ1v) is 14.9. The fraction of sp³-hybridized carbons (Fsp3) is 0.719. The second kappa shape index (κ2) is 12.4. The molecule has 1 atom stereocenters. The van der Waals surface area contributed by atoms with Gasteiger partial charge in [-0.1, -0.05) is 0 Å². The molecule has 0 radical (unpaired) electrons.